The van der Waals surface area contributed by atoms with Crippen molar-refractivity contribution >= 4 is 0 Å². The van der Waals surface area contributed by atoms with Crippen LogP contribution >= 0.6 is 0 Å². The molecule has 0 amide bonds. The molecule has 2 fully saturated rings. The van der Waals surface area contributed by atoms with Gasteiger partial charge < -0.3 is 25.4 Å². The highest BCUT2D eigenvalue weighted by molar-refractivity contribution is 4.91. The summed E-state index contributed by atoms with van der Waals surface area (Å²) >= 11 is 0. The molecule has 5 N–H and O–H groups in total. The molecule has 5 nitrogen and oxygen atoms in total. The maximum atomic E-state index is 9.35. The van der Waals surface area contributed by atoms with E-state index >= 15 is 0 Å². The lowest BCUT2D eigenvalue weighted by Gasteiger charge is -2.30. The highest BCUT2D eigenvalue weighted by Gasteiger charge is 2.50. The van der Waals surface area contributed by atoms with Crippen LogP contribution in [0.25, 0.3) is 0 Å². The summed E-state index contributed by atoms with van der Waals surface area (Å²) < 4.78 is 10.3. The van der Waals surface area contributed by atoms with Crippen LogP contribution in [0.3, 0.4) is 0 Å². The van der Waals surface area contributed by atoms with Crippen molar-refractivity contribution in [3.8, 4) is 0 Å². The van der Waals surface area contributed by atoms with E-state index < -0.39 is 18.5 Å². The Kier molecular flexibility index (Phi) is 1.62. The highest BCUT2D eigenvalue weighted by atomic mass is 16.7. The van der Waals surface area contributed by atoms with E-state index in [0.717, 1.165) is 0 Å². The van der Waals surface area contributed by atoms with E-state index in [1.807, 2.05) is 0 Å². The Bertz CT molecular complexity index is 145. The minimum Gasteiger partial charge on any atom is -0.387 e. The molecule has 2 aliphatic rings. The lowest BCUT2D eigenvalue weighted by Crippen LogP contribution is -2.75. The molecule has 2 saturated heterocycles. The third-order valence-electron chi connectivity index (χ3n) is 2.25. The molecule has 0 saturated carbocycles. The van der Waals surface area contributed by atoms with Crippen LogP contribution < -0.4 is 5.73 Å². The molecule has 64 valence electrons. The second-order valence-corrected chi connectivity index (χ2v) is 3.02. The smallest absolute Gasteiger partial charge is 0.213 e. The summed E-state index contributed by atoms with van der Waals surface area (Å²) in [6, 6.07) is -0.385. The number of quaternary nitrogens is 1. The van der Waals surface area contributed by atoms with Crippen LogP contribution in [0.2, 0.25) is 0 Å². The fraction of sp³-hybridized carbons (Fsp3) is 1.00. The molecule has 0 aliphatic carbocycles. The monoisotopic (exact) mass is 162 g/mol. The largest absolute Gasteiger partial charge is 0.387 e. The molecule has 0 radical (unpaired) electrons. The summed E-state index contributed by atoms with van der Waals surface area (Å²) in [6.07, 6.45) is -2.47. The SMILES string of the molecule is [NH3+]C1C2OCC(O2)C(O)C1O. The first-order valence-electron chi connectivity index (χ1n) is 3.66. The van der Waals surface area contributed by atoms with Gasteiger partial charge in [-0.1, -0.05) is 0 Å². The molecule has 0 aromatic rings. The average molecular weight is 162 g/mol. The Labute approximate surface area is 63.7 Å². The van der Waals surface area contributed by atoms with Gasteiger partial charge in [-0.3, -0.25) is 0 Å². The highest BCUT2D eigenvalue weighted by Crippen LogP contribution is 2.25. The minimum absolute atomic E-state index is 0.356. The average Bonchev–Trinajstić information content (AvgIpc) is 2.44. The standard InChI is InChI=1S/C6H11NO4/c7-3-5(9)4(8)2-1-10-6(3)11-2/h2-6,8-9H,1,7H2/p+1. The maximum absolute atomic E-state index is 9.35. The van der Waals surface area contributed by atoms with Gasteiger partial charge in [0.15, 0.2) is 6.04 Å². The van der Waals surface area contributed by atoms with Gasteiger partial charge in [0, 0.05) is 0 Å². The van der Waals surface area contributed by atoms with Gasteiger partial charge in [-0.25, -0.2) is 0 Å². The van der Waals surface area contributed by atoms with Crippen molar-refractivity contribution in [2.45, 2.75) is 30.6 Å². The summed E-state index contributed by atoms with van der Waals surface area (Å²) in [5, 5.41) is 18.7. The van der Waals surface area contributed by atoms with Gasteiger partial charge in [0.25, 0.3) is 0 Å². The van der Waals surface area contributed by atoms with E-state index in [-0.39, 0.29) is 12.1 Å². The zero-order chi connectivity index (χ0) is 8.01. The van der Waals surface area contributed by atoms with Crippen molar-refractivity contribution in [2.24, 2.45) is 0 Å². The first-order valence-corrected chi connectivity index (χ1v) is 3.66. The van der Waals surface area contributed by atoms with E-state index in [0.29, 0.717) is 6.61 Å². The van der Waals surface area contributed by atoms with Gasteiger partial charge in [-0.15, -0.1) is 0 Å². The van der Waals surface area contributed by atoms with Crippen LogP contribution in [0.1, 0.15) is 0 Å². The van der Waals surface area contributed by atoms with Gasteiger partial charge >= 0.3 is 0 Å². The van der Waals surface area contributed by atoms with Crippen molar-refractivity contribution in [3.63, 3.8) is 0 Å². The normalized spacial score (nSPS) is 56.5. The molecule has 2 bridgehead atoms. The molecule has 11 heavy (non-hydrogen) atoms. The molecule has 2 heterocycles. The third-order valence-corrected chi connectivity index (χ3v) is 2.25. The predicted molar refractivity (Wildman–Crippen MR) is 33.3 cm³/mol. The summed E-state index contributed by atoms with van der Waals surface area (Å²) in [4.78, 5) is 0. The molecular weight excluding hydrogens is 150 g/mol. The van der Waals surface area contributed by atoms with Crippen molar-refractivity contribution in [1.29, 1.82) is 0 Å². The summed E-state index contributed by atoms with van der Waals surface area (Å²) in [7, 11) is 0. The van der Waals surface area contributed by atoms with Gasteiger partial charge in [0.2, 0.25) is 6.29 Å². The second-order valence-electron chi connectivity index (χ2n) is 3.02. The number of ether oxygens (including phenoxy) is 2. The molecule has 0 spiro atoms. The summed E-state index contributed by atoms with van der Waals surface area (Å²) in [5.41, 5.74) is 3.65. The predicted octanol–water partition coefficient (Wildman–Crippen LogP) is -2.93. The van der Waals surface area contributed by atoms with Crippen LogP contribution in [0.4, 0.5) is 0 Å². The fourth-order valence-corrected chi connectivity index (χ4v) is 1.48. The summed E-state index contributed by atoms with van der Waals surface area (Å²) in [6.45, 7) is 0.356. The molecule has 0 aromatic heterocycles. The van der Waals surface area contributed by atoms with Gasteiger partial charge in [-0.05, 0) is 0 Å². The molecule has 5 atom stereocenters. The van der Waals surface area contributed by atoms with Crippen molar-refractivity contribution < 1.29 is 25.4 Å². The van der Waals surface area contributed by atoms with Gasteiger partial charge in [-0.2, -0.15) is 0 Å². The molecular formula is C6H12NO4+. The Morgan fingerprint density at radius 2 is 2.00 bits per heavy atom. The number of rotatable bonds is 0. The molecule has 2 rings (SSSR count). The fourth-order valence-electron chi connectivity index (χ4n) is 1.48. The number of aliphatic hydroxyl groups excluding tert-OH is 2. The quantitative estimate of drug-likeness (QED) is 0.356. The van der Waals surface area contributed by atoms with Crippen molar-refractivity contribution in [3.05, 3.63) is 0 Å². The Balaban J connectivity index is 2.16. The van der Waals surface area contributed by atoms with Gasteiger partial charge in [0.1, 0.15) is 18.3 Å². The Morgan fingerprint density at radius 3 is 2.73 bits per heavy atom. The van der Waals surface area contributed by atoms with Crippen LogP contribution in [0.15, 0.2) is 0 Å². The molecule has 5 unspecified atom stereocenters. The molecule has 5 heteroatoms. The van der Waals surface area contributed by atoms with Crippen LogP contribution in [-0.4, -0.2) is 47.5 Å². The number of hydrogen-bond acceptors (Lipinski definition) is 4. The first kappa shape index (κ1) is 7.45. The summed E-state index contributed by atoms with van der Waals surface area (Å²) in [5.74, 6) is 0. The zero-order valence-corrected chi connectivity index (χ0v) is 6.01. The van der Waals surface area contributed by atoms with E-state index in [2.05, 4.69) is 5.73 Å². The van der Waals surface area contributed by atoms with E-state index in [1.165, 1.54) is 0 Å². The number of hydrogen-bond donors (Lipinski definition) is 3. The maximum Gasteiger partial charge on any atom is 0.213 e. The van der Waals surface area contributed by atoms with E-state index in [4.69, 9.17) is 9.47 Å². The Morgan fingerprint density at radius 1 is 1.27 bits per heavy atom. The third kappa shape index (κ3) is 0.969. The van der Waals surface area contributed by atoms with Crippen molar-refractivity contribution in [2.75, 3.05) is 6.61 Å². The number of fused-ring (bicyclic) bond motifs is 2. The van der Waals surface area contributed by atoms with E-state index in [9.17, 15) is 10.2 Å². The molecule has 0 aromatic carbocycles. The topological polar surface area (TPSA) is 86.6 Å². The van der Waals surface area contributed by atoms with E-state index in [1.54, 1.807) is 0 Å². The Hall–Kier alpha value is -0.200. The van der Waals surface area contributed by atoms with Crippen LogP contribution in [-0.2, 0) is 9.47 Å². The van der Waals surface area contributed by atoms with Gasteiger partial charge in [0.05, 0.1) is 6.61 Å². The first-order chi connectivity index (χ1) is 5.20. The zero-order valence-electron chi connectivity index (χ0n) is 6.01. The number of aliphatic hydroxyl groups is 2. The second kappa shape index (κ2) is 2.40. The minimum atomic E-state index is -0.851. The molecule has 2 aliphatic heterocycles. The van der Waals surface area contributed by atoms with Crippen LogP contribution in [0, 0.1) is 0 Å². The lowest BCUT2D eigenvalue weighted by molar-refractivity contribution is -0.485. The van der Waals surface area contributed by atoms with Crippen molar-refractivity contribution in [1.82, 2.24) is 0 Å². The van der Waals surface area contributed by atoms with Crippen LogP contribution in [0.5, 0.6) is 0 Å². The lowest BCUT2D eigenvalue weighted by atomic mass is 10.00.